The van der Waals surface area contributed by atoms with Gasteiger partial charge in [-0.05, 0) is 24.3 Å². The Morgan fingerprint density at radius 2 is 1.79 bits per heavy atom. The summed E-state index contributed by atoms with van der Waals surface area (Å²) in [6.45, 7) is 6.64. The van der Waals surface area contributed by atoms with Crippen molar-refractivity contribution in [1.29, 1.82) is 0 Å². The molecule has 0 saturated heterocycles. The number of aliphatic hydroxyl groups is 1. The van der Waals surface area contributed by atoms with Gasteiger partial charge in [-0.1, -0.05) is 61.6 Å². The summed E-state index contributed by atoms with van der Waals surface area (Å²) < 4.78 is 12.3. The summed E-state index contributed by atoms with van der Waals surface area (Å²) in [6.07, 6.45) is -1.20. The number of aromatic nitrogens is 3. The number of ether oxygens (including phenoxy) is 2. The van der Waals surface area contributed by atoms with Crippen LogP contribution in [-0.2, 0) is 4.74 Å². The number of methoxy groups -OCH3 is 2. The van der Waals surface area contributed by atoms with Crippen LogP contribution in [0.2, 0.25) is 24.7 Å². The summed E-state index contributed by atoms with van der Waals surface area (Å²) in [5.74, 6) is 0.119. The highest BCUT2D eigenvalue weighted by molar-refractivity contribution is 6.88. The van der Waals surface area contributed by atoms with Crippen LogP contribution < -0.4 is 10.1 Å². The number of hydrogen-bond donors (Lipinski definition) is 1. The van der Waals surface area contributed by atoms with Gasteiger partial charge in [-0.2, -0.15) is 5.10 Å². The van der Waals surface area contributed by atoms with Crippen molar-refractivity contribution in [2.24, 2.45) is 0 Å². The number of esters is 1. The molecule has 4 rings (SSSR count). The lowest BCUT2D eigenvalue weighted by molar-refractivity contribution is 0.0593. The van der Waals surface area contributed by atoms with Crippen LogP contribution in [0.3, 0.4) is 0 Å². The Balaban J connectivity index is 2.04. The molecule has 0 fully saturated rings. The van der Waals surface area contributed by atoms with Crippen LogP contribution in [0.4, 0.5) is 0 Å². The Kier molecular flexibility index (Phi) is 6.48. The average Bonchev–Trinajstić information content (AvgIpc) is 3.21. The molecular formula is C25H26ClN3O4Si. The first-order valence-electron chi connectivity index (χ1n) is 10.7. The van der Waals surface area contributed by atoms with Crippen molar-refractivity contribution < 1.29 is 19.4 Å². The Bertz CT molecular complexity index is 1370. The van der Waals surface area contributed by atoms with E-state index in [1.165, 1.54) is 13.2 Å². The quantitative estimate of drug-likeness (QED) is 0.313. The predicted molar refractivity (Wildman–Crippen MR) is 135 cm³/mol. The molecule has 0 aliphatic carbocycles. The third-order valence-electron chi connectivity index (χ3n) is 5.53. The van der Waals surface area contributed by atoms with Gasteiger partial charge in [0.2, 0.25) is 0 Å². The van der Waals surface area contributed by atoms with Crippen molar-refractivity contribution in [2.45, 2.75) is 25.7 Å². The smallest absolute Gasteiger partial charge is 0.356 e. The highest BCUT2D eigenvalue weighted by Crippen LogP contribution is 2.35. The molecule has 0 saturated carbocycles. The van der Waals surface area contributed by atoms with Gasteiger partial charge < -0.3 is 14.6 Å². The van der Waals surface area contributed by atoms with Crippen molar-refractivity contribution in [1.82, 2.24) is 14.6 Å². The van der Waals surface area contributed by atoms with Crippen molar-refractivity contribution in [3.8, 4) is 17.0 Å². The van der Waals surface area contributed by atoms with Gasteiger partial charge in [0, 0.05) is 16.1 Å². The monoisotopic (exact) mass is 495 g/mol. The highest BCUT2D eigenvalue weighted by Gasteiger charge is 2.31. The zero-order valence-electron chi connectivity index (χ0n) is 19.7. The number of nitrogens with zero attached hydrogens (tertiary/aromatic N) is 3. The molecule has 3 aromatic heterocycles. The molecule has 9 heteroatoms. The van der Waals surface area contributed by atoms with Crippen LogP contribution in [0.5, 0.6) is 5.75 Å². The molecule has 34 heavy (non-hydrogen) atoms. The Hall–Kier alpha value is -3.20. The van der Waals surface area contributed by atoms with Crippen molar-refractivity contribution in [3.05, 3.63) is 76.6 Å². The zero-order chi connectivity index (χ0) is 24.6. The fourth-order valence-corrected chi connectivity index (χ4v) is 6.00. The van der Waals surface area contributed by atoms with E-state index in [2.05, 4.69) is 24.6 Å². The molecule has 0 aliphatic heterocycles. The number of rotatable bonds is 6. The maximum Gasteiger partial charge on any atom is 0.356 e. The Morgan fingerprint density at radius 1 is 1.09 bits per heavy atom. The second kappa shape index (κ2) is 9.21. The molecular weight excluding hydrogens is 470 g/mol. The average molecular weight is 496 g/mol. The van der Waals surface area contributed by atoms with Crippen LogP contribution in [0, 0.1) is 0 Å². The normalized spacial score (nSPS) is 12.6. The fraction of sp³-hybridized carbons (Fsp3) is 0.240. The number of aliphatic hydroxyl groups excluding tert-OH is 1. The van der Waals surface area contributed by atoms with E-state index in [0.717, 1.165) is 22.1 Å². The molecule has 1 N–H and O–H groups in total. The molecule has 3 heterocycles. The maximum absolute atomic E-state index is 12.1. The molecule has 4 aromatic rings. The molecule has 0 aliphatic rings. The Morgan fingerprint density at radius 3 is 2.41 bits per heavy atom. The third kappa shape index (κ3) is 4.32. The number of carbonyl (C=O) groups is 1. The lowest BCUT2D eigenvalue weighted by Crippen LogP contribution is -2.43. The SMILES string of the molecule is COC(=O)c1cc(Cl)cc(C(O)c2c(-c3ccccc3)nn3c([Si](C)(C)C)c(OC)ccc23)n1. The van der Waals surface area contributed by atoms with Crippen molar-refractivity contribution in [3.63, 3.8) is 0 Å². The van der Waals surface area contributed by atoms with E-state index >= 15 is 0 Å². The van der Waals surface area contributed by atoms with Crippen LogP contribution in [-0.4, -0.2) is 48.0 Å². The van der Waals surface area contributed by atoms with Gasteiger partial charge >= 0.3 is 5.97 Å². The van der Waals surface area contributed by atoms with Gasteiger partial charge in [0.05, 0.1) is 36.4 Å². The molecule has 7 nitrogen and oxygen atoms in total. The predicted octanol–water partition coefficient (Wildman–Crippen LogP) is 4.47. The van der Waals surface area contributed by atoms with Crippen LogP contribution >= 0.6 is 11.6 Å². The van der Waals surface area contributed by atoms with Gasteiger partial charge in [0.15, 0.2) is 0 Å². The standard InChI is InChI=1S/C25H26ClN3O4Si/c1-32-20-12-11-19-21(23(30)17-13-16(26)14-18(27-17)25(31)33-2)22(15-9-7-6-8-10-15)28-29(19)24(20)34(3,4)5/h6-14,23,30H,1-5H3. The molecule has 176 valence electrons. The molecule has 0 radical (unpaired) electrons. The minimum Gasteiger partial charge on any atom is -0.495 e. The maximum atomic E-state index is 12.1. The Labute approximate surface area is 203 Å². The summed E-state index contributed by atoms with van der Waals surface area (Å²) in [5.41, 5.74) is 3.00. The molecule has 0 bridgehead atoms. The first-order chi connectivity index (χ1) is 16.2. The van der Waals surface area contributed by atoms with E-state index in [1.54, 1.807) is 13.2 Å². The minimum absolute atomic E-state index is 0.0197. The van der Waals surface area contributed by atoms with Crippen LogP contribution in [0.25, 0.3) is 16.8 Å². The summed E-state index contributed by atoms with van der Waals surface area (Å²) in [4.78, 5) is 16.4. The van der Waals surface area contributed by atoms with Crippen LogP contribution in [0.1, 0.15) is 27.8 Å². The summed E-state index contributed by atoms with van der Waals surface area (Å²) in [5, 5.41) is 17.8. The molecule has 1 aromatic carbocycles. The zero-order valence-corrected chi connectivity index (χ0v) is 21.4. The molecule has 0 spiro atoms. The topological polar surface area (TPSA) is 86.0 Å². The molecule has 1 atom stereocenters. The van der Waals surface area contributed by atoms with Gasteiger partial charge in [0.25, 0.3) is 0 Å². The lowest BCUT2D eigenvalue weighted by atomic mass is 9.99. The molecule has 1 unspecified atom stereocenters. The van der Waals surface area contributed by atoms with Gasteiger partial charge in [-0.15, -0.1) is 0 Å². The van der Waals surface area contributed by atoms with E-state index in [-0.39, 0.29) is 16.4 Å². The lowest BCUT2D eigenvalue weighted by Gasteiger charge is -2.21. The van der Waals surface area contributed by atoms with Gasteiger partial charge in [-0.25, -0.2) is 14.3 Å². The van der Waals surface area contributed by atoms with E-state index in [9.17, 15) is 9.90 Å². The van der Waals surface area contributed by atoms with E-state index in [4.69, 9.17) is 26.2 Å². The number of carbonyl (C=O) groups excluding carboxylic acids is 1. The van der Waals surface area contributed by atoms with Gasteiger partial charge in [0.1, 0.15) is 25.6 Å². The first-order valence-corrected chi connectivity index (χ1v) is 14.6. The van der Waals surface area contributed by atoms with Crippen molar-refractivity contribution >= 4 is 36.5 Å². The second-order valence-corrected chi connectivity index (χ2v) is 14.3. The number of halogens is 1. The minimum atomic E-state index is -1.93. The number of pyridine rings is 2. The largest absolute Gasteiger partial charge is 0.495 e. The summed E-state index contributed by atoms with van der Waals surface area (Å²) >= 11 is 6.27. The number of benzene rings is 1. The fourth-order valence-electron chi connectivity index (χ4n) is 4.06. The highest BCUT2D eigenvalue weighted by atomic mass is 35.5. The third-order valence-corrected chi connectivity index (χ3v) is 7.63. The van der Waals surface area contributed by atoms with Crippen LogP contribution in [0.15, 0.2) is 54.6 Å². The summed E-state index contributed by atoms with van der Waals surface area (Å²) in [6, 6.07) is 16.4. The van der Waals surface area contributed by atoms with E-state index < -0.39 is 20.1 Å². The second-order valence-electron chi connectivity index (χ2n) is 8.92. The van der Waals surface area contributed by atoms with E-state index in [1.807, 2.05) is 47.0 Å². The van der Waals surface area contributed by atoms with Gasteiger partial charge in [-0.3, -0.25) is 0 Å². The molecule has 0 amide bonds. The summed E-state index contributed by atoms with van der Waals surface area (Å²) in [7, 11) is 0.984. The number of fused-ring (bicyclic) bond motifs is 1. The first kappa shape index (κ1) is 23.9. The number of hydrogen-bond acceptors (Lipinski definition) is 6. The van der Waals surface area contributed by atoms with E-state index in [0.29, 0.717) is 11.3 Å². The van der Waals surface area contributed by atoms with Crippen molar-refractivity contribution in [2.75, 3.05) is 14.2 Å².